The minimum absolute atomic E-state index is 0.0294. The van der Waals surface area contributed by atoms with Gasteiger partial charge in [-0.2, -0.15) is 4.58 Å². The molecule has 0 radical (unpaired) electrons. The third-order valence-electron chi connectivity index (χ3n) is 10.4. The summed E-state index contributed by atoms with van der Waals surface area (Å²) in [6.07, 6.45) is 14.9. The fourth-order valence-electron chi connectivity index (χ4n) is 8.08. The first-order valence-electron chi connectivity index (χ1n) is 17.4. The van der Waals surface area contributed by atoms with Crippen molar-refractivity contribution in [3.8, 4) is 0 Å². The number of aliphatic hydroxyl groups excluding tert-OH is 1. The topological polar surface area (TPSA) is 26.5 Å². The van der Waals surface area contributed by atoms with Crippen LogP contribution in [0.2, 0.25) is 0 Å². The van der Waals surface area contributed by atoms with Gasteiger partial charge in [0.05, 0.1) is 12.0 Å². The Bertz CT molecular complexity index is 1780. The summed E-state index contributed by atoms with van der Waals surface area (Å²) in [5.41, 5.74) is 14.2. The van der Waals surface area contributed by atoms with E-state index < -0.39 is 0 Å². The van der Waals surface area contributed by atoms with Crippen LogP contribution in [-0.2, 0) is 17.4 Å². The quantitative estimate of drug-likeness (QED) is 0.244. The lowest BCUT2D eigenvalue weighted by Gasteiger charge is -2.27. The van der Waals surface area contributed by atoms with Gasteiger partial charge in [0.1, 0.15) is 6.54 Å². The molecule has 0 saturated carbocycles. The second-order valence-corrected chi connectivity index (χ2v) is 14.1. The van der Waals surface area contributed by atoms with Gasteiger partial charge in [0.25, 0.3) is 0 Å². The second kappa shape index (κ2) is 13.0. The van der Waals surface area contributed by atoms with E-state index in [1.807, 2.05) is 6.07 Å². The molecule has 6 rings (SSSR count). The average molecular weight is 612 g/mol. The highest BCUT2D eigenvalue weighted by molar-refractivity contribution is 6.03. The zero-order valence-electron chi connectivity index (χ0n) is 28.7. The molecule has 238 valence electrons. The Balaban J connectivity index is 1.50. The Morgan fingerprint density at radius 2 is 1.50 bits per heavy atom. The van der Waals surface area contributed by atoms with Crippen molar-refractivity contribution in [3.63, 3.8) is 0 Å². The number of anilines is 1. The van der Waals surface area contributed by atoms with Gasteiger partial charge in [-0.15, -0.1) is 0 Å². The van der Waals surface area contributed by atoms with Crippen LogP contribution in [0.5, 0.6) is 0 Å². The summed E-state index contributed by atoms with van der Waals surface area (Å²) in [5, 5.41) is 10.5. The van der Waals surface area contributed by atoms with Crippen molar-refractivity contribution in [3.05, 3.63) is 136 Å². The molecule has 3 aromatic carbocycles. The predicted octanol–water partition coefficient (Wildman–Crippen LogP) is 10.2. The number of allylic oxidation sites excluding steroid dienone is 8. The van der Waals surface area contributed by atoms with E-state index in [0.29, 0.717) is 0 Å². The first kappa shape index (κ1) is 32.0. The molecule has 0 fully saturated rings. The standard InChI is InChI=1S/C43H51N2O/c1-7-28-44-37-22-13-11-20-35(37)42(3,4)39(44)26-24-31-17-15-18-32(41(31)34-19-10-9-16-33(34)30-46)25-27-40-43(5,6)36-21-12-14-23-38(36)45(40)29-8-2/h9-14,16,19-27,46H,7-8,15,17-18,28-30H2,1-6H3/q+1. The van der Waals surface area contributed by atoms with Crippen LogP contribution in [0.4, 0.5) is 11.4 Å². The molecule has 0 amide bonds. The fourth-order valence-corrected chi connectivity index (χ4v) is 8.08. The summed E-state index contributed by atoms with van der Waals surface area (Å²) in [6.45, 7) is 16.0. The monoisotopic (exact) mass is 611 g/mol. The number of benzene rings is 3. The highest BCUT2D eigenvalue weighted by Gasteiger charge is 2.44. The molecule has 0 spiro atoms. The van der Waals surface area contributed by atoms with Crippen molar-refractivity contribution < 1.29 is 9.68 Å². The van der Waals surface area contributed by atoms with Crippen LogP contribution in [0.1, 0.15) is 95.9 Å². The molecule has 3 heteroatoms. The first-order valence-corrected chi connectivity index (χ1v) is 17.4. The molecule has 1 N–H and O–H groups in total. The molecule has 3 aliphatic rings. The van der Waals surface area contributed by atoms with E-state index in [1.54, 1.807) is 0 Å². The lowest BCUT2D eigenvalue weighted by atomic mass is 9.79. The van der Waals surface area contributed by atoms with E-state index in [1.165, 1.54) is 50.6 Å². The van der Waals surface area contributed by atoms with Gasteiger partial charge in [0.2, 0.25) is 5.69 Å². The molecule has 3 nitrogen and oxygen atoms in total. The average Bonchev–Trinajstić information content (AvgIpc) is 3.41. The molecular formula is C43H51N2O+. The number of rotatable bonds is 9. The van der Waals surface area contributed by atoms with Gasteiger partial charge in [0.15, 0.2) is 5.71 Å². The Labute approximate surface area is 277 Å². The van der Waals surface area contributed by atoms with Gasteiger partial charge in [-0.25, -0.2) is 0 Å². The maximum atomic E-state index is 10.5. The van der Waals surface area contributed by atoms with Crippen LogP contribution in [0.15, 0.2) is 114 Å². The number of nitrogens with zero attached hydrogens (tertiary/aromatic N) is 2. The smallest absolute Gasteiger partial charge is 0.209 e. The van der Waals surface area contributed by atoms with Gasteiger partial charge < -0.3 is 10.0 Å². The van der Waals surface area contributed by atoms with Crippen LogP contribution in [0, 0.1) is 0 Å². The molecule has 0 saturated heterocycles. The van der Waals surface area contributed by atoms with E-state index in [0.717, 1.165) is 56.3 Å². The molecule has 2 aliphatic heterocycles. The van der Waals surface area contributed by atoms with E-state index in [4.69, 9.17) is 0 Å². The maximum absolute atomic E-state index is 10.5. The maximum Gasteiger partial charge on any atom is 0.209 e. The van der Waals surface area contributed by atoms with Crippen molar-refractivity contribution in [2.75, 3.05) is 18.0 Å². The summed E-state index contributed by atoms with van der Waals surface area (Å²) < 4.78 is 2.53. The largest absolute Gasteiger partial charge is 0.392 e. The van der Waals surface area contributed by atoms with E-state index in [9.17, 15) is 5.11 Å². The van der Waals surface area contributed by atoms with Gasteiger partial charge in [-0.3, -0.25) is 0 Å². The molecule has 46 heavy (non-hydrogen) atoms. The predicted molar refractivity (Wildman–Crippen MR) is 195 cm³/mol. The molecular weight excluding hydrogens is 560 g/mol. The zero-order chi connectivity index (χ0) is 32.5. The van der Waals surface area contributed by atoms with Crippen LogP contribution in [0.3, 0.4) is 0 Å². The van der Waals surface area contributed by atoms with Crippen molar-refractivity contribution in [1.29, 1.82) is 0 Å². The highest BCUT2D eigenvalue weighted by Crippen LogP contribution is 2.48. The third-order valence-corrected chi connectivity index (χ3v) is 10.4. The minimum Gasteiger partial charge on any atom is -0.392 e. The number of aliphatic hydroxyl groups is 1. The summed E-state index contributed by atoms with van der Waals surface area (Å²) >= 11 is 0. The van der Waals surface area contributed by atoms with Crippen molar-refractivity contribution >= 4 is 22.7 Å². The number of fused-ring (bicyclic) bond motifs is 2. The Morgan fingerprint density at radius 1 is 0.783 bits per heavy atom. The Morgan fingerprint density at radius 3 is 2.26 bits per heavy atom. The van der Waals surface area contributed by atoms with E-state index in [2.05, 4.69) is 142 Å². The first-order chi connectivity index (χ1) is 22.2. The third kappa shape index (κ3) is 5.53. The van der Waals surface area contributed by atoms with Crippen molar-refractivity contribution in [1.82, 2.24) is 0 Å². The highest BCUT2D eigenvalue weighted by atomic mass is 16.3. The van der Waals surface area contributed by atoms with Gasteiger partial charge >= 0.3 is 0 Å². The fraction of sp³-hybridized carbons (Fsp3) is 0.372. The van der Waals surface area contributed by atoms with Crippen molar-refractivity contribution in [2.24, 2.45) is 0 Å². The minimum atomic E-state index is -0.0739. The van der Waals surface area contributed by atoms with Crippen molar-refractivity contribution in [2.45, 2.75) is 91.1 Å². The van der Waals surface area contributed by atoms with Crippen LogP contribution < -0.4 is 4.90 Å². The molecule has 0 aromatic heterocycles. The number of hydrogen-bond donors (Lipinski definition) is 1. The summed E-state index contributed by atoms with van der Waals surface area (Å²) in [5.74, 6) is 0. The molecule has 1 aliphatic carbocycles. The van der Waals surface area contributed by atoms with Gasteiger partial charge in [-0.05, 0) is 85.1 Å². The normalized spacial score (nSPS) is 20.4. The lowest BCUT2D eigenvalue weighted by molar-refractivity contribution is -0.437. The Hall–Kier alpha value is -3.95. The SMILES string of the molecule is CCCN1C(=CC=C2CCCC(C=CC3=[N+](CCC)c4ccccc4C3(C)C)=C2c2ccccc2CO)C(C)(C)c2ccccc21. The molecule has 0 atom stereocenters. The molecule has 0 bridgehead atoms. The number of hydrogen-bond acceptors (Lipinski definition) is 2. The van der Waals surface area contributed by atoms with E-state index >= 15 is 0 Å². The lowest BCUT2D eigenvalue weighted by Crippen LogP contribution is -2.28. The van der Waals surface area contributed by atoms with Gasteiger partial charge in [0, 0.05) is 47.5 Å². The number of para-hydroxylation sites is 2. The van der Waals surface area contributed by atoms with Gasteiger partial charge in [-0.1, -0.05) is 101 Å². The summed E-state index contributed by atoms with van der Waals surface area (Å²) in [6, 6.07) is 26.2. The molecule has 2 heterocycles. The van der Waals surface area contributed by atoms with Crippen LogP contribution in [-0.4, -0.2) is 28.5 Å². The van der Waals surface area contributed by atoms with Crippen LogP contribution >= 0.6 is 0 Å². The zero-order valence-corrected chi connectivity index (χ0v) is 28.7. The Kier molecular flexibility index (Phi) is 9.08. The summed E-state index contributed by atoms with van der Waals surface area (Å²) in [7, 11) is 0. The van der Waals surface area contributed by atoms with E-state index in [-0.39, 0.29) is 17.4 Å². The summed E-state index contributed by atoms with van der Waals surface area (Å²) in [4.78, 5) is 2.53. The second-order valence-electron chi connectivity index (χ2n) is 14.1. The van der Waals surface area contributed by atoms with Crippen LogP contribution in [0.25, 0.3) is 5.57 Å². The molecule has 0 unspecified atom stereocenters. The molecule has 3 aromatic rings.